The van der Waals surface area contributed by atoms with E-state index >= 15 is 0 Å². The summed E-state index contributed by atoms with van der Waals surface area (Å²) < 4.78 is 38.1. The Morgan fingerprint density at radius 2 is 1.79 bits per heavy atom. The molecule has 3 aromatic carbocycles. The summed E-state index contributed by atoms with van der Waals surface area (Å²) >= 11 is 0. The summed E-state index contributed by atoms with van der Waals surface area (Å²) in [5, 5.41) is 2.81. The number of benzene rings is 3. The third kappa shape index (κ3) is 5.98. The topological polar surface area (TPSA) is 105 Å². The van der Waals surface area contributed by atoms with Crippen molar-refractivity contribution < 1.29 is 27.5 Å². The van der Waals surface area contributed by atoms with Crippen molar-refractivity contribution in [2.75, 3.05) is 43.1 Å². The van der Waals surface area contributed by atoms with Crippen LogP contribution in [0.15, 0.2) is 71.6 Å². The second-order valence-electron chi connectivity index (χ2n) is 8.75. The first-order valence-corrected chi connectivity index (χ1v) is 13.8. The van der Waals surface area contributed by atoms with Crippen LogP contribution in [-0.4, -0.2) is 57.4 Å². The van der Waals surface area contributed by atoms with Crippen molar-refractivity contribution in [3.63, 3.8) is 0 Å². The van der Waals surface area contributed by atoms with E-state index in [2.05, 4.69) is 5.32 Å². The zero-order valence-corrected chi connectivity index (χ0v) is 22.5. The quantitative estimate of drug-likeness (QED) is 0.418. The highest BCUT2D eigenvalue weighted by molar-refractivity contribution is 7.89. The van der Waals surface area contributed by atoms with Gasteiger partial charge < -0.3 is 19.7 Å². The summed E-state index contributed by atoms with van der Waals surface area (Å²) in [5.41, 5.74) is 2.39. The molecular weight excluding hydrogens is 506 g/mol. The van der Waals surface area contributed by atoms with Crippen molar-refractivity contribution in [1.29, 1.82) is 0 Å². The van der Waals surface area contributed by atoms with Crippen molar-refractivity contribution in [2.45, 2.75) is 25.7 Å². The van der Waals surface area contributed by atoms with E-state index in [-0.39, 0.29) is 24.0 Å². The summed E-state index contributed by atoms with van der Waals surface area (Å²) in [6.45, 7) is 6.77. The first-order valence-electron chi connectivity index (χ1n) is 12.4. The molecule has 10 heteroatoms. The first-order chi connectivity index (χ1) is 18.2. The van der Waals surface area contributed by atoms with Crippen LogP contribution >= 0.6 is 0 Å². The number of fused-ring (bicyclic) bond motifs is 1. The van der Waals surface area contributed by atoms with Crippen molar-refractivity contribution >= 4 is 33.2 Å². The maximum atomic E-state index is 12.9. The number of nitrogens with one attached hydrogen (secondary N) is 1. The molecule has 0 spiro atoms. The van der Waals surface area contributed by atoms with Gasteiger partial charge in [0.25, 0.3) is 11.8 Å². The van der Waals surface area contributed by atoms with Gasteiger partial charge >= 0.3 is 0 Å². The predicted molar refractivity (Wildman–Crippen MR) is 145 cm³/mol. The molecule has 1 aliphatic heterocycles. The molecular formula is C28H31N3O6S. The summed E-state index contributed by atoms with van der Waals surface area (Å²) in [6, 6.07) is 18.6. The summed E-state index contributed by atoms with van der Waals surface area (Å²) in [7, 11) is -3.61. The molecule has 9 nitrogen and oxygen atoms in total. The number of aryl methyl sites for hydroxylation is 1. The highest BCUT2D eigenvalue weighted by Gasteiger charge is 2.26. The van der Waals surface area contributed by atoms with E-state index in [9.17, 15) is 18.0 Å². The number of hydrogen-bond acceptors (Lipinski definition) is 6. The maximum absolute atomic E-state index is 12.9. The van der Waals surface area contributed by atoms with Crippen LogP contribution in [0.1, 0.15) is 29.8 Å². The third-order valence-corrected chi connectivity index (χ3v) is 8.26. The molecule has 38 heavy (non-hydrogen) atoms. The molecule has 0 aliphatic carbocycles. The number of amides is 2. The average Bonchev–Trinajstić information content (AvgIpc) is 2.90. The Hall–Kier alpha value is -3.89. The molecule has 0 bridgehead atoms. The molecule has 0 atom stereocenters. The van der Waals surface area contributed by atoms with Crippen LogP contribution < -0.4 is 19.7 Å². The van der Waals surface area contributed by atoms with E-state index in [0.29, 0.717) is 42.3 Å². The molecule has 200 valence electrons. The van der Waals surface area contributed by atoms with E-state index in [4.69, 9.17) is 9.47 Å². The van der Waals surface area contributed by atoms with Crippen molar-refractivity contribution in [3.8, 4) is 11.5 Å². The fourth-order valence-electron chi connectivity index (χ4n) is 4.18. The van der Waals surface area contributed by atoms with E-state index in [0.717, 1.165) is 11.3 Å². The molecule has 0 saturated carbocycles. The van der Waals surface area contributed by atoms with Gasteiger partial charge in [0.1, 0.15) is 18.1 Å². The largest absolute Gasteiger partial charge is 0.492 e. The zero-order valence-electron chi connectivity index (χ0n) is 21.6. The highest BCUT2D eigenvalue weighted by atomic mass is 32.2. The van der Waals surface area contributed by atoms with E-state index < -0.39 is 15.9 Å². The lowest BCUT2D eigenvalue weighted by Crippen LogP contribution is -2.41. The van der Waals surface area contributed by atoms with E-state index in [1.54, 1.807) is 36.9 Å². The predicted octanol–water partition coefficient (Wildman–Crippen LogP) is 4.08. The average molecular weight is 538 g/mol. The van der Waals surface area contributed by atoms with E-state index in [1.807, 2.05) is 31.2 Å². The third-order valence-electron chi connectivity index (χ3n) is 6.19. The van der Waals surface area contributed by atoms with Crippen LogP contribution in [0.2, 0.25) is 0 Å². The molecule has 1 aliphatic rings. The Labute approximate surface area is 223 Å². The fourth-order valence-corrected chi connectivity index (χ4v) is 5.64. The number of ether oxygens (including phenoxy) is 2. The van der Waals surface area contributed by atoms with Gasteiger partial charge in [0.15, 0.2) is 6.61 Å². The molecule has 0 fully saturated rings. The van der Waals surface area contributed by atoms with Crippen LogP contribution in [0, 0.1) is 6.92 Å². The van der Waals surface area contributed by atoms with Gasteiger partial charge in [-0.3, -0.25) is 9.59 Å². The molecule has 4 rings (SSSR count). The minimum atomic E-state index is -3.61. The van der Waals surface area contributed by atoms with Crippen LogP contribution in [0.5, 0.6) is 11.5 Å². The van der Waals surface area contributed by atoms with E-state index in [1.165, 1.54) is 28.6 Å². The lowest BCUT2D eigenvalue weighted by Gasteiger charge is -2.29. The Kier molecular flexibility index (Phi) is 8.33. The second kappa shape index (κ2) is 11.7. The fraction of sp³-hybridized carbons (Fsp3) is 0.286. The number of sulfonamides is 1. The molecule has 1 heterocycles. The minimum absolute atomic E-state index is 0.0775. The number of nitrogens with zero attached hydrogens (tertiary/aromatic N) is 2. The van der Waals surface area contributed by atoms with Gasteiger partial charge in [-0.25, -0.2) is 8.42 Å². The molecule has 0 unspecified atom stereocenters. The molecule has 1 N–H and O–H groups in total. The number of carbonyl (C=O) groups is 2. The number of anilines is 2. The SMILES string of the molecule is CCN(CC)S(=O)(=O)c1ccc(C(=O)Nc2ccc3c(c2)N(CCOc2cccc(C)c2)C(=O)CO3)cc1. The number of rotatable bonds is 10. The van der Waals surface area contributed by atoms with Crippen molar-refractivity contribution in [2.24, 2.45) is 0 Å². The molecule has 3 aromatic rings. The zero-order chi connectivity index (χ0) is 27.3. The lowest BCUT2D eigenvalue weighted by molar-refractivity contribution is -0.121. The van der Waals surface area contributed by atoms with Gasteiger partial charge in [0.2, 0.25) is 10.0 Å². The molecule has 2 amide bonds. The Morgan fingerprint density at radius 1 is 1.05 bits per heavy atom. The Morgan fingerprint density at radius 3 is 2.47 bits per heavy atom. The highest BCUT2D eigenvalue weighted by Crippen LogP contribution is 2.34. The van der Waals surface area contributed by atoms with Gasteiger partial charge in [-0.1, -0.05) is 26.0 Å². The van der Waals surface area contributed by atoms with Crippen molar-refractivity contribution in [1.82, 2.24) is 4.31 Å². The van der Waals surface area contributed by atoms with Gasteiger partial charge in [0, 0.05) is 24.3 Å². The summed E-state index contributed by atoms with van der Waals surface area (Å²) in [5.74, 6) is 0.639. The van der Waals surface area contributed by atoms with Crippen LogP contribution in [0.4, 0.5) is 11.4 Å². The summed E-state index contributed by atoms with van der Waals surface area (Å²) in [6.07, 6.45) is 0. The van der Waals surface area contributed by atoms with Crippen molar-refractivity contribution in [3.05, 3.63) is 77.9 Å². The first kappa shape index (κ1) is 27.2. The Balaban J connectivity index is 1.46. The standard InChI is InChI=1S/C28H31N3O6S/c1-4-30(5-2)38(34,35)24-12-9-21(10-13-24)28(33)29-22-11-14-26-25(18-22)31(27(32)19-37-26)15-16-36-23-8-6-7-20(3)17-23/h6-14,17-18H,4-5,15-16,19H2,1-3H3,(H,29,33). The molecule has 0 saturated heterocycles. The smallest absolute Gasteiger partial charge is 0.265 e. The van der Waals surface area contributed by atoms with Gasteiger partial charge in [0.05, 0.1) is 17.1 Å². The molecule has 0 radical (unpaired) electrons. The second-order valence-corrected chi connectivity index (χ2v) is 10.7. The van der Waals surface area contributed by atoms with Crippen LogP contribution in [0.3, 0.4) is 0 Å². The van der Waals surface area contributed by atoms with Crippen LogP contribution in [-0.2, 0) is 14.8 Å². The monoisotopic (exact) mass is 537 g/mol. The Bertz CT molecular complexity index is 1420. The maximum Gasteiger partial charge on any atom is 0.265 e. The lowest BCUT2D eigenvalue weighted by atomic mass is 10.1. The number of carbonyl (C=O) groups excluding carboxylic acids is 2. The van der Waals surface area contributed by atoms with Gasteiger partial charge in [-0.15, -0.1) is 0 Å². The number of hydrogen-bond donors (Lipinski definition) is 1. The molecule has 0 aromatic heterocycles. The van der Waals surface area contributed by atoms with Crippen LogP contribution in [0.25, 0.3) is 0 Å². The minimum Gasteiger partial charge on any atom is -0.492 e. The normalized spacial score (nSPS) is 13.2. The van der Waals surface area contributed by atoms with Gasteiger partial charge in [-0.2, -0.15) is 4.31 Å². The summed E-state index contributed by atoms with van der Waals surface area (Å²) in [4.78, 5) is 27.2. The van der Waals surface area contributed by atoms with Gasteiger partial charge in [-0.05, 0) is 67.1 Å².